The molecule has 2 nitrogen and oxygen atoms in total. The number of hydrogen-bond acceptors (Lipinski definition) is 2. The van der Waals surface area contributed by atoms with Crippen LogP contribution in [0.15, 0.2) is 48.5 Å². The summed E-state index contributed by atoms with van der Waals surface area (Å²) in [6.07, 6.45) is 3.18. The van der Waals surface area contributed by atoms with Crippen LogP contribution in [0.4, 0.5) is 4.39 Å². The van der Waals surface area contributed by atoms with Crippen molar-refractivity contribution in [3.8, 4) is 11.1 Å². The van der Waals surface area contributed by atoms with Gasteiger partial charge in [-0.05, 0) is 54.7 Å². The van der Waals surface area contributed by atoms with Crippen LogP contribution in [-0.2, 0) is 9.53 Å². The molecular weight excluding hydrogens is 351 g/mol. The van der Waals surface area contributed by atoms with Crippen molar-refractivity contribution in [1.82, 2.24) is 0 Å². The predicted molar refractivity (Wildman–Crippen MR) is 111 cm³/mol. The molecule has 1 aliphatic carbocycles. The third-order valence-corrected chi connectivity index (χ3v) is 6.16. The van der Waals surface area contributed by atoms with Crippen LogP contribution in [0.5, 0.6) is 0 Å². The second-order valence-corrected chi connectivity index (χ2v) is 8.63. The third-order valence-electron chi connectivity index (χ3n) is 6.16. The summed E-state index contributed by atoms with van der Waals surface area (Å²) in [5.74, 6) is 0.425. The topological polar surface area (TPSA) is 26.3 Å². The molecule has 0 saturated heterocycles. The first kappa shape index (κ1) is 20.6. The summed E-state index contributed by atoms with van der Waals surface area (Å²) < 4.78 is 20.6. The van der Waals surface area contributed by atoms with Gasteiger partial charge in [-0.3, -0.25) is 4.79 Å². The number of carbonyl (C=O) groups excluding carboxylic acids is 1. The second-order valence-electron chi connectivity index (χ2n) is 8.63. The summed E-state index contributed by atoms with van der Waals surface area (Å²) in [5, 5.41) is 0. The number of rotatable bonds is 5. The van der Waals surface area contributed by atoms with Gasteiger partial charge in [0.2, 0.25) is 0 Å². The van der Waals surface area contributed by atoms with Crippen LogP contribution in [0.3, 0.4) is 0 Å². The molecule has 0 spiro atoms. The number of hydrogen-bond donors (Lipinski definition) is 0. The fraction of sp³-hybridized carbons (Fsp3) is 0.480. The van der Waals surface area contributed by atoms with E-state index >= 15 is 0 Å². The number of carbonyl (C=O) groups is 1. The van der Waals surface area contributed by atoms with Crippen LogP contribution in [0, 0.1) is 23.6 Å². The molecule has 1 saturated carbocycles. The Kier molecular flexibility index (Phi) is 6.53. The molecule has 3 unspecified atom stereocenters. The Bertz CT molecular complexity index is 799. The highest BCUT2D eigenvalue weighted by atomic mass is 19.1. The smallest absolute Gasteiger partial charge is 0.313 e. The lowest BCUT2D eigenvalue weighted by atomic mass is 9.75. The molecule has 4 atom stereocenters. The molecule has 0 bridgehead atoms. The van der Waals surface area contributed by atoms with E-state index in [1.807, 2.05) is 36.4 Å². The lowest BCUT2D eigenvalue weighted by molar-refractivity contribution is -0.157. The van der Waals surface area contributed by atoms with Crippen LogP contribution < -0.4 is 0 Å². The Morgan fingerprint density at radius 3 is 2.43 bits per heavy atom. The van der Waals surface area contributed by atoms with E-state index < -0.39 is 5.92 Å². The largest absolute Gasteiger partial charge is 0.462 e. The minimum absolute atomic E-state index is 0.0351. The molecule has 3 rings (SSSR count). The zero-order chi connectivity index (χ0) is 20.3. The number of benzene rings is 2. The monoisotopic (exact) mass is 382 g/mol. The molecule has 0 radical (unpaired) electrons. The quantitative estimate of drug-likeness (QED) is 0.545. The molecule has 0 N–H and O–H groups in total. The fourth-order valence-electron chi connectivity index (χ4n) is 4.29. The van der Waals surface area contributed by atoms with E-state index in [0.29, 0.717) is 28.9 Å². The maximum Gasteiger partial charge on any atom is 0.313 e. The average Bonchev–Trinajstić information content (AvgIpc) is 2.67. The molecule has 0 aromatic heterocycles. The molecule has 1 aliphatic rings. The summed E-state index contributed by atoms with van der Waals surface area (Å²) in [7, 11) is 0. The summed E-state index contributed by atoms with van der Waals surface area (Å²) in [6, 6.07) is 14.5. The first-order chi connectivity index (χ1) is 13.4. The van der Waals surface area contributed by atoms with Crippen molar-refractivity contribution < 1.29 is 13.9 Å². The molecule has 2 aromatic rings. The Morgan fingerprint density at radius 1 is 1.07 bits per heavy atom. The molecule has 0 amide bonds. The minimum Gasteiger partial charge on any atom is -0.462 e. The van der Waals surface area contributed by atoms with Crippen LogP contribution in [0.2, 0.25) is 0 Å². The Morgan fingerprint density at radius 2 is 1.79 bits per heavy atom. The van der Waals surface area contributed by atoms with Gasteiger partial charge in [-0.2, -0.15) is 0 Å². The van der Waals surface area contributed by atoms with Gasteiger partial charge >= 0.3 is 5.97 Å². The molecule has 3 heteroatoms. The van der Waals surface area contributed by atoms with E-state index in [1.54, 1.807) is 13.0 Å². The lowest BCUT2D eigenvalue weighted by Gasteiger charge is -2.37. The first-order valence-corrected chi connectivity index (χ1v) is 10.4. The Hall–Kier alpha value is -2.16. The standard InChI is InChI=1S/C25H31FO2/c1-16(2)21-12-10-17(3)14-24(21)28-25(27)18(4)20-11-13-22(23(26)15-20)19-8-6-5-7-9-19/h5-9,11,13,15-18,21,24H,10,12,14H2,1-4H3/t17?,18-,21?,24?/m1/s1. The maximum absolute atomic E-state index is 14.7. The molecule has 2 aromatic carbocycles. The van der Waals surface area contributed by atoms with E-state index in [0.717, 1.165) is 18.4 Å². The Labute approximate surface area is 168 Å². The number of esters is 1. The van der Waals surface area contributed by atoms with Crippen molar-refractivity contribution in [1.29, 1.82) is 0 Å². The molecule has 28 heavy (non-hydrogen) atoms. The van der Waals surface area contributed by atoms with Crippen LogP contribution in [0.25, 0.3) is 11.1 Å². The molecule has 1 fully saturated rings. The van der Waals surface area contributed by atoms with Crippen LogP contribution in [0.1, 0.15) is 58.4 Å². The zero-order valence-corrected chi connectivity index (χ0v) is 17.3. The van der Waals surface area contributed by atoms with Crippen molar-refractivity contribution >= 4 is 5.97 Å². The molecule has 0 aliphatic heterocycles. The van der Waals surface area contributed by atoms with Crippen LogP contribution in [-0.4, -0.2) is 12.1 Å². The van der Waals surface area contributed by atoms with Gasteiger partial charge in [0, 0.05) is 5.56 Å². The predicted octanol–water partition coefficient (Wildman–Crippen LogP) is 6.60. The molecule has 150 valence electrons. The van der Waals surface area contributed by atoms with E-state index in [2.05, 4.69) is 20.8 Å². The van der Waals surface area contributed by atoms with Crippen molar-refractivity contribution in [3.63, 3.8) is 0 Å². The van der Waals surface area contributed by atoms with Gasteiger partial charge in [0.25, 0.3) is 0 Å². The van der Waals surface area contributed by atoms with Gasteiger partial charge in [0.15, 0.2) is 0 Å². The molecule has 0 heterocycles. The van der Waals surface area contributed by atoms with Crippen molar-refractivity contribution in [2.75, 3.05) is 0 Å². The van der Waals surface area contributed by atoms with Crippen molar-refractivity contribution in [2.45, 2.75) is 59.0 Å². The summed E-state index contributed by atoms with van der Waals surface area (Å²) in [5.41, 5.74) is 2.04. The van der Waals surface area contributed by atoms with Gasteiger partial charge in [-0.1, -0.05) is 69.7 Å². The van der Waals surface area contributed by atoms with Crippen LogP contribution >= 0.6 is 0 Å². The summed E-state index contributed by atoms with van der Waals surface area (Å²) in [6.45, 7) is 8.42. The highest BCUT2D eigenvalue weighted by molar-refractivity contribution is 5.78. The van der Waals surface area contributed by atoms with E-state index in [-0.39, 0.29) is 17.9 Å². The lowest BCUT2D eigenvalue weighted by Crippen LogP contribution is -2.36. The van der Waals surface area contributed by atoms with E-state index in [4.69, 9.17) is 4.74 Å². The molecular formula is C25H31FO2. The Balaban J connectivity index is 1.73. The highest BCUT2D eigenvalue weighted by Gasteiger charge is 2.34. The normalized spacial score (nSPS) is 23.4. The zero-order valence-electron chi connectivity index (χ0n) is 17.3. The second kappa shape index (κ2) is 8.89. The number of ether oxygens (including phenoxy) is 1. The van der Waals surface area contributed by atoms with E-state index in [9.17, 15) is 9.18 Å². The van der Waals surface area contributed by atoms with Gasteiger partial charge in [-0.25, -0.2) is 4.39 Å². The average molecular weight is 383 g/mol. The summed E-state index contributed by atoms with van der Waals surface area (Å²) >= 11 is 0. The van der Waals surface area contributed by atoms with Crippen molar-refractivity contribution in [3.05, 3.63) is 59.9 Å². The fourth-order valence-corrected chi connectivity index (χ4v) is 4.29. The highest BCUT2D eigenvalue weighted by Crippen LogP contribution is 2.36. The minimum atomic E-state index is -0.482. The first-order valence-electron chi connectivity index (χ1n) is 10.4. The van der Waals surface area contributed by atoms with Gasteiger partial charge in [0.05, 0.1) is 5.92 Å². The third kappa shape index (κ3) is 4.63. The van der Waals surface area contributed by atoms with Gasteiger partial charge in [-0.15, -0.1) is 0 Å². The van der Waals surface area contributed by atoms with Gasteiger partial charge < -0.3 is 4.74 Å². The van der Waals surface area contributed by atoms with Gasteiger partial charge in [0.1, 0.15) is 11.9 Å². The maximum atomic E-state index is 14.7. The van der Waals surface area contributed by atoms with E-state index in [1.165, 1.54) is 12.5 Å². The summed E-state index contributed by atoms with van der Waals surface area (Å²) in [4.78, 5) is 12.8. The van der Waals surface area contributed by atoms with Crippen molar-refractivity contribution in [2.24, 2.45) is 17.8 Å². The SMILES string of the molecule is CC1CCC(C(C)C)C(OC(=O)[C@H](C)c2ccc(-c3ccccc3)c(F)c2)C1. The number of halogens is 1.